The lowest BCUT2D eigenvalue weighted by Crippen LogP contribution is -2.48. The monoisotopic (exact) mass is 316 g/mol. The van der Waals surface area contributed by atoms with Crippen molar-refractivity contribution in [3.8, 4) is 0 Å². The van der Waals surface area contributed by atoms with Crippen LogP contribution in [0.2, 0.25) is 0 Å². The van der Waals surface area contributed by atoms with E-state index in [2.05, 4.69) is 15.0 Å². The van der Waals surface area contributed by atoms with Gasteiger partial charge in [-0.15, -0.1) is 0 Å². The van der Waals surface area contributed by atoms with Crippen molar-refractivity contribution in [2.45, 2.75) is 5.92 Å². The Labute approximate surface area is 138 Å². The van der Waals surface area contributed by atoms with Crippen molar-refractivity contribution < 1.29 is 4.79 Å². The van der Waals surface area contributed by atoms with E-state index in [-0.39, 0.29) is 11.8 Å². The highest BCUT2D eigenvalue weighted by atomic mass is 16.2. The van der Waals surface area contributed by atoms with E-state index >= 15 is 0 Å². The summed E-state index contributed by atoms with van der Waals surface area (Å²) in [5, 5.41) is 1.07. The highest BCUT2D eigenvalue weighted by Gasteiger charge is 2.34. The Morgan fingerprint density at radius 2 is 1.96 bits per heavy atom. The van der Waals surface area contributed by atoms with Crippen LogP contribution in [-0.4, -0.2) is 38.8 Å². The number of hydrogen-bond donors (Lipinski definition) is 2. The van der Waals surface area contributed by atoms with Crippen LogP contribution in [0.5, 0.6) is 0 Å². The zero-order valence-corrected chi connectivity index (χ0v) is 13.0. The van der Waals surface area contributed by atoms with E-state index in [9.17, 15) is 4.79 Å². The molecule has 2 N–H and O–H groups in total. The molecule has 0 spiro atoms. The highest BCUT2D eigenvalue weighted by Crippen LogP contribution is 2.28. The molecular formula is C19H16N4O. The number of rotatable bonds is 2. The zero-order valence-electron chi connectivity index (χ0n) is 13.0. The van der Waals surface area contributed by atoms with E-state index in [0.717, 1.165) is 33.3 Å². The van der Waals surface area contributed by atoms with E-state index in [4.69, 9.17) is 0 Å². The summed E-state index contributed by atoms with van der Waals surface area (Å²) in [5.74, 6) is 1.35. The number of fused-ring (bicyclic) bond motifs is 2. The Kier molecular flexibility index (Phi) is 2.76. The molecule has 0 bridgehead atoms. The van der Waals surface area contributed by atoms with Gasteiger partial charge in [0.15, 0.2) is 0 Å². The third kappa shape index (κ3) is 2.01. The first-order chi connectivity index (χ1) is 11.8. The van der Waals surface area contributed by atoms with Crippen molar-refractivity contribution in [3.63, 3.8) is 0 Å². The number of likely N-dealkylation sites (tertiary alicyclic amines) is 1. The summed E-state index contributed by atoms with van der Waals surface area (Å²) in [6.07, 6.45) is 1.89. The fraction of sp³-hybridized carbons (Fsp3) is 0.158. The summed E-state index contributed by atoms with van der Waals surface area (Å²) in [4.78, 5) is 25.7. The molecule has 1 aliphatic heterocycles. The molecule has 1 aliphatic rings. The second kappa shape index (κ2) is 4.96. The van der Waals surface area contributed by atoms with Crippen molar-refractivity contribution in [2.75, 3.05) is 13.1 Å². The number of aromatic nitrogens is 3. The molecule has 1 amide bonds. The number of carbonyl (C=O) groups is 1. The van der Waals surface area contributed by atoms with Gasteiger partial charge in [0.2, 0.25) is 0 Å². The largest absolute Gasteiger partial charge is 0.361 e. The van der Waals surface area contributed by atoms with Gasteiger partial charge >= 0.3 is 0 Å². The molecule has 118 valence electrons. The van der Waals surface area contributed by atoms with Crippen molar-refractivity contribution in [2.24, 2.45) is 0 Å². The number of nitrogens with zero attached hydrogens (tertiary/aromatic N) is 2. The lowest BCUT2D eigenvalue weighted by molar-refractivity contribution is 0.0596. The lowest BCUT2D eigenvalue weighted by atomic mass is 9.98. The van der Waals surface area contributed by atoms with E-state index in [0.29, 0.717) is 13.1 Å². The Bertz CT molecular complexity index is 1020. The normalized spacial score (nSPS) is 15.1. The number of H-pyrrole nitrogens is 2. The summed E-state index contributed by atoms with van der Waals surface area (Å²) in [7, 11) is 0. The number of aromatic amines is 2. The molecule has 0 unspecified atom stereocenters. The minimum atomic E-state index is 0.0884. The fourth-order valence-corrected chi connectivity index (χ4v) is 3.35. The number of amides is 1. The first kappa shape index (κ1) is 13.4. The summed E-state index contributed by atoms with van der Waals surface area (Å²) in [5.41, 5.74) is 3.82. The van der Waals surface area contributed by atoms with Crippen LogP contribution >= 0.6 is 0 Å². The zero-order chi connectivity index (χ0) is 16.1. The molecule has 24 heavy (non-hydrogen) atoms. The Morgan fingerprint density at radius 3 is 2.83 bits per heavy atom. The van der Waals surface area contributed by atoms with Crippen LogP contribution in [0.25, 0.3) is 21.9 Å². The van der Waals surface area contributed by atoms with Crippen molar-refractivity contribution in [1.29, 1.82) is 0 Å². The fourth-order valence-electron chi connectivity index (χ4n) is 3.35. The van der Waals surface area contributed by atoms with E-state index < -0.39 is 0 Å². The molecule has 1 saturated heterocycles. The highest BCUT2D eigenvalue weighted by molar-refractivity contribution is 5.98. The van der Waals surface area contributed by atoms with Crippen molar-refractivity contribution in [3.05, 3.63) is 66.1 Å². The quantitative estimate of drug-likeness (QED) is 0.596. The maximum atomic E-state index is 12.6. The topological polar surface area (TPSA) is 64.8 Å². The molecule has 5 nitrogen and oxygen atoms in total. The van der Waals surface area contributed by atoms with Gasteiger partial charge in [-0.25, -0.2) is 4.98 Å². The van der Waals surface area contributed by atoms with Gasteiger partial charge in [0.05, 0.1) is 17.0 Å². The molecule has 0 aliphatic carbocycles. The molecule has 0 atom stereocenters. The summed E-state index contributed by atoms with van der Waals surface area (Å²) in [6.45, 7) is 1.42. The van der Waals surface area contributed by atoms with Crippen LogP contribution in [0.15, 0.2) is 54.7 Å². The molecule has 2 aromatic heterocycles. The number of hydrogen-bond acceptors (Lipinski definition) is 2. The number of para-hydroxylation sites is 2. The molecular weight excluding hydrogens is 300 g/mol. The SMILES string of the molecule is O=C(c1ccc2[nH]ccc2c1)N1CC(c2nc3ccccc3[nH]2)C1. The molecule has 0 radical (unpaired) electrons. The Hall–Kier alpha value is -3.08. The predicted molar refractivity (Wildman–Crippen MR) is 93.0 cm³/mol. The van der Waals surface area contributed by atoms with Crippen LogP contribution in [0.3, 0.4) is 0 Å². The number of carbonyl (C=O) groups excluding carboxylic acids is 1. The van der Waals surface area contributed by atoms with E-state index in [1.165, 1.54) is 0 Å². The maximum Gasteiger partial charge on any atom is 0.253 e. The van der Waals surface area contributed by atoms with Crippen LogP contribution in [0.4, 0.5) is 0 Å². The molecule has 3 heterocycles. The number of imidazole rings is 1. The van der Waals surface area contributed by atoms with E-state index in [1.54, 1.807) is 0 Å². The smallest absolute Gasteiger partial charge is 0.253 e. The first-order valence-corrected chi connectivity index (χ1v) is 8.09. The average Bonchev–Trinajstić information content (AvgIpc) is 3.18. The van der Waals surface area contributed by atoms with Gasteiger partial charge in [0.1, 0.15) is 5.82 Å². The van der Waals surface area contributed by atoms with Crippen LogP contribution in [-0.2, 0) is 0 Å². The van der Waals surface area contributed by atoms with Gasteiger partial charge in [-0.1, -0.05) is 12.1 Å². The molecule has 1 fully saturated rings. The third-order valence-corrected chi connectivity index (χ3v) is 4.76. The molecule has 2 aromatic carbocycles. The summed E-state index contributed by atoms with van der Waals surface area (Å²) in [6, 6.07) is 15.8. The van der Waals surface area contributed by atoms with Gasteiger partial charge in [-0.3, -0.25) is 4.79 Å². The van der Waals surface area contributed by atoms with Crippen LogP contribution in [0.1, 0.15) is 22.1 Å². The van der Waals surface area contributed by atoms with Gasteiger partial charge in [0, 0.05) is 35.8 Å². The second-order valence-corrected chi connectivity index (χ2v) is 6.33. The molecule has 5 heteroatoms. The molecule has 5 rings (SSSR count). The minimum absolute atomic E-state index is 0.0884. The van der Waals surface area contributed by atoms with Gasteiger partial charge in [0.25, 0.3) is 5.91 Å². The molecule has 0 saturated carbocycles. The first-order valence-electron chi connectivity index (χ1n) is 8.09. The third-order valence-electron chi connectivity index (χ3n) is 4.76. The summed E-state index contributed by atoms with van der Waals surface area (Å²) < 4.78 is 0. The number of nitrogens with one attached hydrogen (secondary N) is 2. The minimum Gasteiger partial charge on any atom is -0.361 e. The van der Waals surface area contributed by atoms with E-state index in [1.807, 2.05) is 59.6 Å². The second-order valence-electron chi connectivity index (χ2n) is 6.33. The lowest BCUT2D eigenvalue weighted by Gasteiger charge is -2.38. The Balaban J connectivity index is 1.34. The van der Waals surface area contributed by atoms with Gasteiger partial charge in [-0.05, 0) is 36.4 Å². The van der Waals surface area contributed by atoms with Crippen molar-refractivity contribution in [1.82, 2.24) is 19.9 Å². The van der Waals surface area contributed by atoms with Crippen LogP contribution < -0.4 is 0 Å². The maximum absolute atomic E-state index is 12.6. The van der Waals surface area contributed by atoms with Crippen LogP contribution in [0, 0.1) is 0 Å². The predicted octanol–water partition coefficient (Wildman–Crippen LogP) is 3.28. The average molecular weight is 316 g/mol. The Morgan fingerprint density at radius 1 is 1.08 bits per heavy atom. The van der Waals surface area contributed by atoms with Gasteiger partial charge in [-0.2, -0.15) is 0 Å². The van der Waals surface area contributed by atoms with Crippen molar-refractivity contribution >= 4 is 27.8 Å². The van der Waals surface area contributed by atoms with Gasteiger partial charge < -0.3 is 14.9 Å². The molecule has 4 aromatic rings. The number of benzene rings is 2. The summed E-state index contributed by atoms with van der Waals surface area (Å²) >= 11 is 0. The standard InChI is InChI=1S/C19H16N4O/c24-19(13-5-6-15-12(9-13)7-8-20-15)23-10-14(11-23)18-21-16-3-1-2-4-17(16)22-18/h1-9,14,20H,10-11H2,(H,21,22).